The Kier molecular flexibility index (Phi) is 2.90. The maximum absolute atomic E-state index is 10.8. The minimum Gasteiger partial charge on any atom is -0.472 e. The zero-order valence-electron chi connectivity index (χ0n) is 8.15. The third-order valence-corrected chi connectivity index (χ3v) is 2.30. The summed E-state index contributed by atoms with van der Waals surface area (Å²) >= 11 is 0. The van der Waals surface area contributed by atoms with Gasteiger partial charge < -0.3 is 8.83 Å². The van der Waals surface area contributed by atoms with Crippen LogP contribution in [0, 0.1) is 9.81 Å². The lowest BCUT2D eigenvalue weighted by Crippen LogP contribution is -2.04. The SMILES string of the molecule is O=NC(c1ccoc1)C(N=O)c1ccoc1. The van der Waals surface area contributed by atoms with Crippen LogP contribution in [-0.4, -0.2) is 0 Å². The van der Waals surface area contributed by atoms with Gasteiger partial charge in [-0.25, -0.2) is 0 Å². The van der Waals surface area contributed by atoms with Crippen LogP contribution in [0.2, 0.25) is 0 Å². The molecule has 0 amide bonds. The van der Waals surface area contributed by atoms with E-state index in [0.29, 0.717) is 11.1 Å². The number of furan rings is 2. The quantitative estimate of drug-likeness (QED) is 0.724. The molecule has 82 valence electrons. The van der Waals surface area contributed by atoms with Crippen molar-refractivity contribution in [1.29, 1.82) is 0 Å². The number of nitroso groups, excluding NO2 is 2. The molecule has 2 rings (SSSR count). The fourth-order valence-corrected chi connectivity index (χ4v) is 1.49. The molecule has 0 aromatic carbocycles. The van der Waals surface area contributed by atoms with Crippen LogP contribution in [0.15, 0.2) is 56.4 Å². The zero-order valence-corrected chi connectivity index (χ0v) is 8.15. The van der Waals surface area contributed by atoms with E-state index in [1.807, 2.05) is 0 Å². The van der Waals surface area contributed by atoms with Crippen LogP contribution in [0.5, 0.6) is 0 Å². The van der Waals surface area contributed by atoms with Crippen molar-refractivity contribution in [3.05, 3.63) is 58.1 Å². The summed E-state index contributed by atoms with van der Waals surface area (Å²) in [6.45, 7) is 0. The smallest absolute Gasteiger partial charge is 0.150 e. The van der Waals surface area contributed by atoms with Gasteiger partial charge in [-0.15, -0.1) is 0 Å². The molecule has 0 aliphatic heterocycles. The van der Waals surface area contributed by atoms with Crippen LogP contribution in [0.25, 0.3) is 0 Å². The summed E-state index contributed by atoms with van der Waals surface area (Å²) in [5.74, 6) is 0. The van der Waals surface area contributed by atoms with E-state index in [2.05, 4.69) is 10.4 Å². The van der Waals surface area contributed by atoms with Crippen molar-refractivity contribution in [1.82, 2.24) is 0 Å². The Morgan fingerprint density at radius 2 is 1.31 bits per heavy atom. The normalized spacial score (nSPS) is 14.2. The van der Waals surface area contributed by atoms with E-state index >= 15 is 0 Å². The molecule has 6 heteroatoms. The second-order valence-electron chi connectivity index (χ2n) is 3.21. The van der Waals surface area contributed by atoms with Gasteiger partial charge in [-0.3, -0.25) is 0 Å². The first-order chi connectivity index (χ1) is 7.86. The lowest BCUT2D eigenvalue weighted by Gasteiger charge is -2.11. The fraction of sp³-hybridized carbons (Fsp3) is 0.200. The van der Waals surface area contributed by atoms with Crippen molar-refractivity contribution in [2.75, 3.05) is 0 Å². The third-order valence-electron chi connectivity index (χ3n) is 2.30. The topological polar surface area (TPSA) is 85.1 Å². The minimum atomic E-state index is -0.895. The molecule has 2 heterocycles. The van der Waals surface area contributed by atoms with E-state index in [0.717, 1.165) is 0 Å². The summed E-state index contributed by atoms with van der Waals surface area (Å²) in [7, 11) is 0. The van der Waals surface area contributed by atoms with Crippen LogP contribution in [0.3, 0.4) is 0 Å². The monoisotopic (exact) mass is 220 g/mol. The predicted molar refractivity (Wildman–Crippen MR) is 54.5 cm³/mol. The molecule has 0 aliphatic rings. The standard InChI is InChI=1S/C10H8N2O4/c13-11-9(7-1-3-15-5-7)10(12-14)8-2-4-16-6-8/h1-6,9-10H. The second kappa shape index (κ2) is 4.52. The molecule has 2 atom stereocenters. The molecule has 0 saturated carbocycles. The van der Waals surface area contributed by atoms with Crippen molar-refractivity contribution < 1.29 is 8.83 Å². The molecular weight excluding hydrogens is 212 g/mol. The van der Waals surface area contributed by atoms with E-state index in [-0.39, 0.29) is 0 Å². The zero-order chi connectivity index (χ0) is 11.4. The van der Waals surface area contributed by atoms with Gasteiger partial charge in [0, 0.05) is 11.1 Å². The summed E-state index contributed by atoms with van der Waals surface area (Å²) in [5, 5.41) is 5.82. The van der Waals surface area contributed by atoms with Gasteiger partial charge in [-0.2, -0.15) is 9.81 Å². The molecule has 0 fully saturated rings. The lowest BCUT2D eigenvalue weighted by molar-refractivity contribution is 0.524. The number of rotatable bonds is 5. The van der Waals surface area contributed by atoms with E-state index < -0.39 is 12.1 Å². The van der Waals surface area contributed by atoms with Gasteiger partial charge in [-0.1, -0.05) is 10.4 Å². The number of hydrogen-bond acceptors (Lipinski definition) is 6. The maximum Gasteiger partial charge on any atom is 0.150 e. The van der Waals surface area contributed by atoms with Crippen molar-refractivity contribution >= 4 is 0 Å². The first-order valence-electron chi connectivity index (χ1n) is 4.56. The summed E-state index contributed by atoms with van der Waals surface area (Å²) in [4.78, 5) is 21.6. The van der Waals surface area contributed by atoms with E-state index in [9.17, 15) is 9.81 Å². The first-order valence-corrected chi connectivity index (χ1v) is 4.56. The van der Waals surface area contributed by atoms with Crippen LogP contribution in [0.1, 0.15) is 23.2 Å². The van der Waals surface area contributed by atoms with E-state index in [4.69, 9.17) is 8.83 Å². The molecule has 2 aromatic heterocycles. The highest BCUT2D eigenvalue weighted by Crippen LogP contribution is 2.35. The Balaban J connectivity index is 2.32. The highest BCUT2D eigenvalue weighted by molar-refractivity contribution is 5.22. The van der Waals surface area contributed by atoms with Gasteiger partial charge >= 0.3 is 0 Å². The van der Waals surface area contributed by atoms with Crippen molar-refractivity contribution in [3.8, 4) is 0 Å². The Labute approximate surface area is 90.2 Å². The molecular formula is C10H8N2O4. The Bertz CT molecular complexity index is 405. The third kappa shape index (κ3) is 1.77. The molecule has 0 radical (unpaired) electrons. The van der Waals surface area contributed by atoms with Crippen LogP contribution in [0.4, 0.5) is 0 Å². The average Bonchev–Trinajstić information content (AvgIpc) is 2.97. The molecule has 0 aliphatic carbocycles. The van der Waals surface area contributed by atoms with Gasteiger partial charge in [0.2, 0.25) is 0 Å². The molecule has 16 heavy (non-hydrogen) atoms. The second-order valence-corrected chi connectivity index (χ2v) is 3.21. The van der Waals surface area contributed by atoms with Crippen molar-refractivity contribution in [2.24, 2.45) is 10.4 Å². The molecule has 0 bridgehead atoms. The molecule has 6 nitrogen and oxygen atoms in total. The van der Waals surface area contributed by atoms with Crippen LogP contribution < -0.4 is 0 Å². The largest absolute Gasteiger partial charge is 0.472 e. The summed E-state index contributed by atoms with van der Waals surface area (Å²) in [5.41, 5.74) is 1.03. The molecule has 0 saturated heterocycles. The summed E-state index contributed by atoms with van der Waals surface area (Å²) < 4.78 is 9.69. The van der Waals surface area contributed by atoms with Crippen molar-refractivity contribution in [3.63, 3.8) is 0 Å². The predicted octanol–water partition coefficient (Wildman–Crippen LogP) is 3.19. The average molecular weight is 220 g/mol. The maximum atomic E-state index is 10.8. The van der Waals surface area contributed by atoms with Gasteiger partial charge in [-0.05, 0) is 12.1 Å². The van der Waals surface area contributed by atoms with Gasteiger partial charge in [0.25, 0.3) is 0 Å². The number of hydrogen-bond donors (Lipinski definition) is 0. The van der Waals surface area contributed by atoms with Crippen LogP contribution >= 0.6 is 0 Å². The first kappa shape index (κ1) is 10.3. The molecule has 2 unspecified atom stereocenters. The van der Waals surface area contributed by atoms with Crippen molar-refractivity contribution in [2.45, 2.75) is 12.1 Å². The minimum absolute atomic E-state index is 0.515. The highest BCUT2D eigenvalue weighted by atomic mass is 16.3. The van der Waals surface area contributed by atoms with E-state index in [1.165, 1.54) is 25.1 Å². The lowest BCUT2D eigenvalue weighted by atomic mass is 9.99. The number of nitrogens with zero attached hydrogens (tertiary/aromatic N) is 2. The van der Waals surface area contributed by atoms with Gasteiger partial charge in [0.05, 0.1) is 25.1 Å². The van der Waals surface area contributed by atoms with Crippen LogP contribution in [-0.2, 0) is 0 Å². The summed E-state index contributed by atoms with van der Waals surface area (Å²) in [6, 6.07) is 1.36. The van der Waals surface area contributed by atoms with Gasteiger partial charge in [0.1, 0.15) is 12.1 Å². The highest BCUT2D eigenvalue weighted by Gasteiger charge is 2.28. The summed E-state index contributed by atoms with van der Waals surface area (Å²) in [6.07, 6.45) is 5.55. The molecule has 0 spiro atoms. The molecule has 2 aromatic rings. The Morgan fingerprint density at radius 3 is 1.56 bits per heavy atom. The van der Waals surface area contributed by atoms with E-state index in [1.54, 1.807) is 12.1 Å². The fourth-order valence-electron chi connectivity index (χ4n) is 1.49. The Morgan fingerprint density at radius 1 is 0.875 bits per heavy atom. The Hall–Kier alpha value is -2.24. The molecule has 0 N–H and O–H groups in total. The van der Waals surface area contributed by atoms with Gasteiger partial charge in [0.15, 0.2) is 0 Å².